The largest absolute Gasteiger partial charge is 0.370 e. The van der Waals surface area contributed by atoms with Gasteiger partial charge in [-0.15, -0.1) is 0 Å². The Morgan fingerprint density at radius 2 is 1.95 bits per heavy atom. The number of aromatic nitrogens is 2. The lowest BCUT2D eigenvalue weighted by Gasteiger charge is -2.09. The summed E-state index contributed by atoms with van der Waals surface area (Å²) in [6.45, 7) is 4.47. The minimum absolute atomic E-state index is 0.144. The molecule has 0 spiro atoms. The molecule has 0 saturated carbocycles. The van der Waals surface area contributed by atoms with Crippen molar-refractivity contribution in [2.45, 2.75) is 18.7 Å². The molecular weight excluding hydrogens is 276 g/mol. The van der Waals surface area contributed by atoms with Crippen LogP contribution in [-0.2, 0) is 10.0 Å². The van der Waals surface area contributed by atoms with Crippen LogP contribution in [0.15, 0.2) is 41.6 Å². The van der Waals surface area contributed by atoms with Crippen molar-refractivity contribution in [2.75, 3.05) is 16.6 Å². The maximum Gasteiger partial charge on any atom is 0.263 e. The molecule has 2 rings (SSSR count). The number of sulfonamides is 1. The molecule has 0 atom stereocenters. The first-order chi connectivity index (χ1) is 9.51. The van der Waals surface area contributed by atoms with Gasteiger partial charge in [0.2, 0.25) is 0 Å². The Morgan fingerprint density at radius 1 is 1.15 bits per heavy atom. The quantitative estimate of drug-likeness (QED) is 0.880. The van der Waals surface area contributed by atoms with Gasteiger partial charge in [-0.2, -0.15) is 0 Å². The number of aryl methyl sites for hydroxylation is 1. The van der Waals surface area contributed by atoms with Gasteiger partial charge in [0.05, 0.1) is 4.90 Å². The molecule has 0 fully saturated rings. The number of hydrogen-bond acceptors (Lipinski definition) is 5. The highest BCUT2D eigenvalue weighted by atomic mass is 32.2. The lowest BCUT2D eigenvalue weighted by atomic mass is 10.3. The van der Waals surface area contributed by atoms with E-state index in [2.05, 4.69) is 20.0 Å². The SMILES string of the molecule is CCNc1cc(S(=O)(=O)Nc2ccc(C)cn2)ccn1. The van der Waals surface area contributed by atoms with Crippen molar-refractivity contribution >= 4 is 21.7 Å². The molecule has 2 aromatic rings. The average Bonchev–Trinajstić information content (AvgIpc) is 2.42. The lowest BCUT2D eigenvalue weighted by molar-refractivity contribution is 0.601. The molecule has 0 radical (unpaired) electrons. The zero-order valence-corrected chi connectivity index (χ0v) is 12.1. The molecule has 7 heteroatoms. The van der Waals surface area contributed by atoms with E-state index in [-0.39, 0.29) is 10.7 Å². The van der Waals surface area contributed by atoms with Crippen molar-refractivity contribution in [1.29, 1.82) is 0 Å². The van der Waals surface area contributed by atoms with Crippen molar-refractivity contribution < 1.29 is 8.42 Å². The maximum absolute atomic E-state index is 12.2. The molecule has 0 aromatic carbocycles. The molecule has 0 aliphatic heterocycles. The zero-order chi connectivity index (χ0) is 14.6. The number of rotatable bonds is 5. The Labute approximate surface area is 118 Å². The summed E-state index contributed by atoms with van der Waals surface area (Å²) < 4.78 is 26.9. The molecule has 0 unspecified atom stereocenters. The van der Waals surface area contributed by atoms with Crippen LogP contribution in [0.3, 0.4) is 0 Å². The van der Waals surface area contributed by atoms with E-state index >= 15 is 0 Å². The topological polar surface area (TPSA) is 84.0 Å². The van der Waals surface area contributed by atoms with Crippen molar-refractivity contribution in [3.63, 3.8) is 0 Å². The molecule has 2 heterocycles. The van der Waals surface area contributed by atoms with Crippen LogP contribution in [-0.4, -0.2) is 24.9 Å². The molecule has 2 N–H and O–H groups in total. The lowest BCUT2D eigenvalue weighted by Crippen LogP contribution is -2.14. The van der Waals surface area contributed by atoms with Gasteiger partial charge in [0.25, 0.3) is 10.0 Å². The van der Waals surface area contributed by atoms with Gasteiger partial charge in [-0.25, -0.2) is 18.4 Å². The summed E-state index contributed by atoms with van der Waals surface area (Å²) in [7, 11) is -3.66. The first-order valence-electron chi connectivity index (χ1n) is 6.16. The highest BCUT2D eigenvalue weighted by Gasteiger charge is 2.15. The number of anilines is 2. The number of hydrogen-bond donors (Lipinski definition) is 2. The van der Waals surface area contributed by atoms with E-state index in [4.69, 9.17) is 0 Å². The second kappa shape index (κ2) is 5.87. The first-order valence-corrected chi connectivity index (χ1v) is 7.65. The van der Waals surface area contributed by atoms with Crippen molar-refractivity contribution in [3.8, 4) is 0 Å². The summed E-state index contributed by atoms with van der Waals surface area (Å²) in [5.41, 5.74) is 0.964. The molecular formula is C13H16N4O2S. The number of nitrogens with one attached hydrogen (secondary N) is 2. The van der Waals surface area contributed by atoms with Crippen LogP contribution in [0.5, 0.6) is 0 Å². The van der Waals surface area contributed by atoms with E-state index in [9.17, 15) is 8.42 Å². The molecule has 0 aliphatic carbocycles. The van der Waals surface area contributed by atoms with Gasteiger partial charge < -0.3 is 5.32 Å². The summed E-state index contributed by atoms with van der Waals surface area (Å²) >= 11 is 0. The van der Waals surface area contributed by atoms with Crippen molar-refractivity contribution in [3.05, 3.63) is 42.2 Å². The average molecular weight is 292 g/mol. The van der Waals surface area contributed by atoms with Crippen molar-refractivity contribution in [1.82, 2.24) is 9.97 Å². The van der Waals surface area contributed by atoms with Gasteiger partial charge in [0, 0.05) is 25.0 Å². The van der Waals surface area contributed by atoms with Gasteiger partial charge in [-0.1, -0.05) is 6.07 Å². The molecule has 20 heavy (non-hydrogen) atoms. The van der Waals surface area contributed by atoms with Crippen LogP contribution in [0.4, 0.5) is 11.6 Å². The highest BCUT2D eigenvalue weighted by Crippen LogP contribution is 2.16. The zero-order valence-electron chi connectivity index (χ0n) is 11.3. The van der Waals surface area contributed by atoms with E-state index in [1.807, 2.05) is 13.8 Å². The molecule has 2 aromatic heterocycles. The smallest absolute Gasteiger partial charge is 0.263 e. The predicted molar refractivity (Wildman–Crippen MR) is 78.2 cm³/mol. The third-order valence-corrected chi connectivity index (χ3v) is 3.90. The van der Waals surface area contributed by atoms with Crippen LogP contribution in [0, 0.1) is 6.92 Å². The third kappa shape index (κ3) is 3.45. The Morgan fingerprint density at radius 3 is 2.60 bits per heavy atom. The van der Waals surface area contributed by atoms with E-state index < -0.39 is 10.0 Å². The standard InChI is InChI=1S/C13H16N4O2S/c1-3-14-13-8-11(6-7-15-13)20(18,19)17-12-5-4-10(2)9-16-12/h4-9H,3H2,1-2H3,(H,14,15)(H,16,17). The van der Waals surface area contributed by atoms with Gasteiger partial charge in [-0.05, 0) is 31.5 Å². The Bertz CT molecular complexity index is 684. The normalized spacial score (nSPS) is 11.1. The molecule has 6 nitrogen and oxygen atoms in total. The molecule has 0 aliphatic rings. The van der Waals surface area contributed by atoms with Gasteiger partial charge in [-0.3, -0.25) is 4.72 Å². The molecule has 0 amide bonds. The Balaban J connectivity index is 2.25. The maximum atomic E-state index is 12.2. The minimum Gasteiger partial charge on any atom is -0.370 e. The fraction of sp³-hybridized carbons (Fsp3) is 0.231. The monoisotopic (exact) mass is 292 g/mol. The van der Waals surface area contributed by atoms with E-state index in [1.54, 1.807) is 18.3 Å². The molecule has 106 valence electrons. The van der Waals surface area contributed by atoms with Crippen LogP contribution in [0.25, 0.3) is 0 Å². The van der Waals surface area contributed by atoms with Crippen LogP contribution in [0.2, 0.25) is 0 Å². The summed E-state index contributed by atoms with van der Waals surface area (Å²) in [6, 6.07) is 6.35. The van der Waals surface area contributed by atoms with Crippen molar-refractivity contribution in [2.24, 2.45) is 0 Å². The second-order valence-electron chi connectivity index (χ2n) is 4.23. The summed E-state index contributed by atoms with van der Waals surface area (Å²) in [6.07, 6.45) is 3.06. The van der Waals surface area contributed by atoms with Crippen LogP contribution >= 0.6 is 0 Å². The summed E-state index contributed by atoms with van der Waals surface area (Å²) in [5.74, 6) is 0.810. The van der Waals surface area contributed by atoms with E-state index in [0.29, 0.717) is 12.4 Å². The Kier molecular flexibility index (Phi) is 4.19. The predicted octanol–water partition coefficient (Wildman–Crippen LogP) is 2.02. The highest BCUT2D eigenvalue weighted by molar-refractivity contribution is 7.92. The fourth-order valence-corrected chi connectivity index (χ4v) is 2.60. The summed E-state index contributed by atoms with van der Waals surface area (Å²) in [5, 5.41) is 2.97. The number of pyridine rings is 2. The van der Waals surface area contributed by atoms with Gasteiger partial charge in [0.1, 0.15) is 11.6 Å². The second-order valence-corrected chi connectivity index (χ2v) is 5.92. The van der Waals surface area contributed by atoms with E-state index in [1.165, 1.54) is 18.3 Å². The van der Waals surface area contributed by atoms with E-state index in [0.717, 1.165) is 5.56 Å². The van der Waals surface area contributed by atoms with Gasteiger partial charge in [0.15, 0.2) is 0 Å². The summed E-state index contributed by atoms with van der Waals surface area (Å²) in [4.78, 5) is 8.21. The van der Waals surface area contributed by atoms with Crippen LogP contribution in [0.1, 0.15) is 12.5 Å². The minimum atomic E-state index is -3.66. The first kappa shape index (κ1) is 14.3. The molecule has 0 saturated heterocycles. The van der Waals surface area contributed by atoms with Gasteiger partial charge >= 0.3 is 0 Å². The Hall–Kier alpha value is -2.15. The third-order valence-electron chi connectivity index (χ3n) is 2.55. The van der Waals surface area contributed by atoms with Crippen LogP contribution < -0.4 is 10.0 Å². The molecule has 0 bridgehead atoms. The fourth-order valence-electron chi connectivity index (χ4n) is 1.58. The number of nitrogens with zero attached hydrogens (tertiary/aromatic N) is 2.